The first-order valence-electron chi connectivity index (χ1n) is 8.12. The van der Waals surface area contributed by atoms with Crippen LogP contribution < -0.4 is 10.6 Å². The molecule has 2 rings (SSSR count). The summed E-state index contributed by atoms with van der Waals surface area (Å²) < 4.78 is 5.09. The van der Waals surface area contributed by atoms with E-state index in [2.05, 4.69) is 34.4 Å². The predicted molar refractivity (Wildman–Crippen MR) is 95.8 cm³/mol. The molecule has 0 saturated carbocycles. The second-order valence-electron chi connectivity index (χ2n) is 5.88. The summed E-state index contributed by atoms with van der Waals surface area (Å²) in [5, 5.41) is 6.40. The van der Waals surface area contributed by atoms with Crippen molar-refractivity contribution in [1.82, 2.24) is 9.97 Å². The molecule has 6 heteroatoms. The fraction of sp³-hybridized carbons (Fsp3) is 0.389. The third-order valence-corrected chi connectivity index (χ3v) is 3.21. The number of aryl methyl sites for hydroxylation is 1. The third kappa shape index (κ3) is 4.94. The molecule has 0 aliphatic carbocycles. The van der Waals surface area contributed by atoms with Crippen LogP contribution in [0.25, 0.3) is 0 Å². The fourth-order valence-electron chi connectivity index (χ4n) is 2.12. The van der Waals surface area contributed by atoms with Gasteiger partial charge in [0.2, 0.25) is 5.95 Å². The number of ether oxygens (including phenoxy) is 1. The summed E-state index contributed by atoms with van der Waals surface area (Å²) >= 11 is 0. The van der Waals surface area contributed by atoms with Gasteiger partial charge in [0.15, 0.2) is 0 Å². The third-order valence-electron chi connectivity index (χ3n) is 3.21. The second-order valence-corrected chi connectivity index (χ2v) is 5.88. The molecule has 0 spiro atoms. The van der Waals surface area contributed by atoms with Gasteiger partial charge in [0.1, 0.15) is 5.82 Å². The van der Waals surface area contributed by atoms with E-state index in [-0.39, 0.29) is 5.97 Å². The van der Waals surface area contributed by atoms with Crippen molar-refractivity contribution < 1.29 is 9.53 Å². The van der Waals surface area contributed by atoms with Crippen LogP contribution >= 0.6 is 0 Å². The van der Waals surface area contributed by atoms with Gasteiger partial charge >= 0.3 is 5.97 Å². The summed E-state index contributed by atoms with van der Waals surface area (Å²) in [5.74, 6) is 1.34. The maximum Gasteiger partial charge on any atom is 0.340 e. The molecule has 1 aromatic heterocycles. The normalized spacial score (nSPS) is 10.5. The highest BCUT2D eigenvalue weighted by Crippen LogP contribution is 2.21. The Morgan fingerprint density at radius 3 is 2.71 bits per heavy atom. The predicted octanol–water partition coefficient (Wildman–Crippen LogP) is 3.77. The number of carbonyl (C=O) groups excluding carboxylic acids is 1. The number of hydrogen-bond acceptors (Lipinski definition) is 6. The highest BCUT2D eigenvalue weighted by molar-refractivity contribution is 5.96. The molecule has 1 aromatic carbocycles. The first kappa shape index (κ1) is 17.7. The number of rotatable bonds is 7. The zero-order chi connectivity index (χ0) is 17.5. The summed E-state index contributed by atoms with van der Waals surface area (Å²) in [6.07, 6.45) is 0. The number of nitrogens with one attached hydrogen (secondary N) is 2. The maximum absolute atomic E-state index is 12.1. The van der Waals surface area contributed by atoms with Crippen LogP contribution in [0.3, 0.4) is 0 Å². The average Bonchev–Trinajstić information content (AvgIpc) is 2.53. The Labute approximate surface area is 142 Å². The van der Waals surface area contributed by atoms with Gasteiger partial charge in [0, 0.05) is 18.3 Å². The van der Waals surface area contributed by atoms with Gasteiger partial charge in [-0.15, -0.1) is 0 Å². The number of aromatic nitrogens is 2. The zero-order valence-corrected chi connectivity index (χ0v) is 14.6. The Bertz CT molecular complexity index is 701. The van der Waals surface area contributed by atoms with E-state index in [4.69, 9.17) is 4.74 Å². The van der Waals surface area contributed by atoms with Gasteiger partial charge in [0.05, 0.1) is 17.9 Å². The van der Waals surface area contributed by atoms with E-state index >= 15 is 0 Å². The van der Waals surface area contributed by atoms with Crippen LogP contribution in [-0.4, -0.2) is 29.1 Å². The number of nitrogens with zero attached hydrogens (tertiary/aromatic N) is 2. The van der Waals surface area contributed by atoms with E-state index in [9.17, 15) is 4.79 Å². The first-order valence-corrected chi connectivity index (χ1v) is 8.12. The average molecular weight is 328 g/mol. The van der Waals surface area contributed by atoms with E-state index in [0.717, 1.165) is 12.2 Å². The Kier molecular flexibility index (Phi) is 6.12. The summed E-state index contributed by atoms with van der Waals surface area (Å²) in [4.78, 5) is 20.9. The number of para-hydroxylation sites is 1. The van der Waals surface area contributed by atoms with Crippen LogP contribution in [0.5, 0.6) is 0 Å². The van der Waals surface area contributed by atoms with Crippen molar-refractivity contribution in [2.24, 2.45) is 5.92 Å². The van der Waals surface area contributed by atoms with Crippen molar-refractivity contribution >= 4 is 23.4 Å². The monoisotopic (exact) mass is 328 g/mol. The molecule has 0 aliphatic heterocycles. The largest absolute Gasteiger partial charge is 0.462 e. The minimum absolute atomic E-state index is 0.336. The van der Waals surface area contributed by atoms with Crippen molar-refractivity contribution in [1.29, 1.82) is 0 Å². The molecule has 24 heavy (non-hydrogen) atoms. The summed E-state index contributed by atoms with van der Waals surface area (Å²) in [6, 6.07) is 9.05. The van der Waals surface area contributed by atoms with Gasteiger partial charge in [0.25, 0.3) is 0 Å². The van der Waals surface area contributed by atoms with Crippen molar-refractivity contribution in [2.75, 3.05) is 23.8 Å². The molecule has 0 unspecified atom stereocenters. The zero-order valence-electron chi connectivity index (χ0n) is 14.6. The van der Waals surface area contributed by atoms with Crippen LogP contribution in [0.4, 0.5) is 17.5 Å². The Morgan fingerprint density at radius 2 is 2.00 bits per heavy atom. The Balaban J connectivity index is 2.23. The molecule has 0 atom stereocenters. The van der Waals surface area contributed by atoms with E-state index in [1.54, 1.807) is 19.1 Å². The molecule has 0 bridgehead atoms. The fourth-order valence-corrected chi connectivity index (χ4v) is 2.12. The smallest absolute Gasteiger partial charge is 0.340 e. The molecule has 2 aromatic rings. The van der Waals surface area contributed by atoms with Crippen LogP contribution in [0.15, 0.2) is 30.3 Å². The van der Waals surface area contributed by atoms with Gasteiger partial charge in [-0.2, -0.15) is 4.98 Å². The quantitative estimate of drug-likeness (QED) is 0.753. The molecule has 128 valence electrons. The SMILES string of the molecule is CCOC(=O)c1ccccc1Nc1cc(C)nc(NCC(C)C)n1. The summed E-state index contributed by atoms with van der Waals surface area (Å²) in [7, 11) is 0. The number of benzene rings is 1. The number of hydrogen-bond donors (Lipinski definition) is 2. The Hall–Kier alpha value is -2.63. The second kappa shape index (κ2) is 8.29. The minimum Gasteiger partial charge on any atom is -0.462 e. The van der Waals surface area contributed by atoms with Crippen molar-refractivity contribution in [2.45, 2.75) is 27.7 Å². The lowest BCUT2D eigenvalue weighted by Gasteiger charge is -2.13. The standard InChI is InChI=1S/C18H24N4O2/c1-5-24-17(23)14-8-6-7-9-15(14)21-16-10-13(4)20-18(22-16)19-11-12(2)3/h6-10,12H,5,11H2,1-4H3,(H2,19,20,21,22). The van der Waals surface area contributed by atoms with E-state index in [1.165, 1.54) is 0 Å². The first-order chi connectivity index (χ1) is 11.5. The van der Waals surface area contributed by atoms with Gasteiger partial charge in [-0.05, 0) is 31.9 Å². The number of esters is 1. The number of anilines is 3. The molecule has 6 nitrogen and oxygen atoms in total. The molecule has 0 aliphatic rings. The van der Waals surface area contributed by atoms with Crippen molar-refractivity contribution in [3.05, 3.63) is 41.6 Å². The van der Waals surface area contributed by atoms with Gasteiger partial charge in [-0.3, -0.25) is 0 Å². The van der Waals surface area contributed by atoms with Gasteiger partial charge in [-0.1, -0.05) is 26.0 Å². The molecule has 0 amide bonds. The highest BCUT2D eigenvalue weighted by Gasteiger charge is 2.13. The lowest BCUT2D eigenvalue weighted by molar-refractivity contribution is 0.0527. The Morgan fingerprint density at radius 1 is 1.25 bits per heavy atom. The van der Waals surface area contributed by atoms with Crippen LogP contribution in [-0.2, 0) is 4.74 Å². The lowest BCUT2D eigenvalue weighted by Crippen LogP contribution is -2.12. The lowest BCUT2D eigenvalue weighted by atomic mass is 10.2. The highest BCUT2D eigenvalue weighted by atomic mass is 16.5. The van der Waals surface area contributed by atoms with E-state index in [0.29, 0.717) is 35.5 Å². The van der Waals surface area contributed by atoms with Crippen LogP contribution in [0, 0.1) is 12.8 Å². The molecule has 0 radical (unpaired) electrons. The van der Waals surface area contributed by atoms with Crippen LogP contribution in [0.2, 0.25) is 0 Å². The summed E-state index contributed by atoms with van der Waals surface area (Å²) in [6.45, 7) is 9.07. The van der Waals surface area contributed by atoms with Crippen molar-refractivity contribution in [3.63, 3.8) is 0 Å². The minimum atomic E-state index is -0.357. The van der Waals surface area contributed by atoms with Crippen molar-refractivity contribution in [3.8, 4) is 0 Å². The van der Waals surface area contributed by atoms with E-state index in [1.807, 2.05) is 25.1 Å². The molecule has 1 heterocycles. The maximum atomic E-state index is 12.1. The van der Waals surface area contributed by atoms with Crippen LogP contribution in [0.1, 0.15) is 36.8 Å². The number of carbonyl (C=O) groups is 1. The molecular formula is C18H24N4O2. The van der Waals surface area contributed by atoms with E-state index < -0.39 is 0 Å². The van der Waals surface area contributed by atoms with Gasteiger partial charge < -0.3 is 15.4 Å². The molecule has 2 N–H and O–H groups in total. The molecule has 0 saturated heterocycles. The molecular weight excluding hydrogens is 304 g/mol. The summed E-state index contributed by atoms with van der Waals surface area (Å²) in [5.41, 5.74) is 1.98. The van der Waals surface area contributed by atoms with Gasteiger partial charge in [-0.25, -0.2) is 9.78 Å². The molecule has 0 fully saturated rings. The topological polar surface area (TPSA) is 76.1 Å².